The number of hydrogen-bond acceptors (Lipinski definition) is 3. The van der Waals surface area contributed by atoms with Crippen LogP contribution in [0.2, 0.25) is 0 Å². The highest BCUT2D eigenvalue weighted by Crippen LogP contribution is 2.02. The molecule has 0 aliphatic carbocycles. The van der Waals surface area contributed by atoms with Crippen LogP contribution in [-0.2, 0) is 13.1 Å². The van der Waals surface area contributed by atoms with Crippen molar-refractivity contribution < 1.29 is 0 Å². The molecular weight excluding hydrogens is 268 g/mol. The molecule has 1 rings (SSSR count). The first kappa shape index (κ1) is 13.6. The predicted octanol–water partition coefficient (Wildman–Crippen LogP) is 2.20. The van der Waals surface area contributed by atoms with Crippen LogP contribution < -0.4 is 5.32 Å². The number of hydrogen-bond donors (Lipinski definition) is 1. The number of halogens is 1. The van der Waals surface area contributed by atoms with E-state index in [1.165, 1.54) is 0 Å². The molecule has 16 heavy (non-hydrogen) atoms. The van der Waals surface area contributed by atoms with Gasteiger partial charge in [-0.15, -0.1) is 0 Å². The molecule has 4 nitrogen and oxygen atoms in total. The maximum atomic E-state index is 4.28. The first-order valence-electron chi connectivity index (χ1n) is 5.79. The van der Waals surface area contributed by atoms with Gasteiger partial charge in [0.05, 0.1) is 6.54 Å². The second-order valence-electron chi connectivity index (χ2n) is 4.51. The third-order valence-corrected chi connectivity index (χ3v) is 2.84. The Morgan fingerprint density at radius 1 is 1.44 bits per heavy atom. The van der Waals surface area contributed by atoms with Gasteiger partial charge < -0.3 is 5.32 Å². The first-order valence-corrected chi connectivity index (χ1v) is 6.91. The third kappa shape index (κ3) is 4.61. The predicted molar refractivity (Wildman–Crippen MR) is 69.6 cm³/mol. The molecule has 0 fully saturated rings. The van der Waals surface area contributed by atoms with E-state index >= 15 is 0 Å². The lowest BCUT2D eigenvalue weighted by molar-refractivity contribution is 0.445. The molecule has 1 atom stereocenters. The summed E-state index contributed by atoms with van der Waals surface area (Å²) in [6.07, 6.45) is 2.76. The highest BCUT2D eigenvalue weighted by molar-refractivity contribution is 9.09. The second kappa shape index (κ2) is 7.01. The van der Waals surface area contributed by atoms with Crippen molar-refractivity contribution in [3.8, 4) is 0 Å². The minimum absolute atomic E-state index is 0.503. The summed E-state index contributed by atoms with van der Waals surface area (Å²) in [7, 11) is 0. The Balaban J connectivity index is 2.44. The number of rotatable bonds is 7. The van der Waals surface area contributed by atoms with E-state index in [-0.39, 0.29) is 0 Å². The van der Waals surface area contributed by atoms with Crippen LogP contribution in [0.4, 0.5) is 0 Å². The van der Waals surface area contributed by atoms with E-state index in [9.17, 15) is 0 Å². The highest BCUT2D eigenvalue weighted by Gasteiger charge is 2.07. The van der Waals surface area contributed by atoms with Crippen molar-refractivity contribution >= 4 is 15.9 Å². The van der Waals surface area contributed by atoms with Gasteiger partial charge >= 0.3 is 0 Å². The van der Waals surface area contributed by atoms with Crippen LogP contribution in [0, 0.1) is 5.92 Å². The molecule has 0 amide bonds. The minimum Gasteiger partial charge on any atom is -0.307 e. The monoisotopic (exact) mass is 288 g/mol. The summed E-state index contributed by atoms with van der Waals surface area (Å²) in [6, 6.07) is 0.503. The SMILES string of the molecule is CC(C)Cn1ncnc1CNC(C)CCBr. The zero-order valence-corrected chi connectivity index (χ0v) is 11.9. The van der Waals surface area contributed by atoms with Crippen LogP contribution in [0.25, 0.3) is 0 Å². The van der Waals surface area contributed by atoms with Gasteiger partial charge in [-0.2, -0.15) is 5.10 Å². The molecule has 1 N–H and O–H groups in total. The number of alkyl halides is 1. The summed E-state index contributed by atoms with van der Waals surface area (Å²) in [4.78, 5) is 4.28. The standard InChI is InChI=1S/C11H21BrN4/c1-9(2)7-16-11(14-8-15-16)6-13-10(3)4-5-12/h8-10,13H,4-7H2,1-3H3. The van der Waals surface area contributed by atoms with Gasteiger partial charge in [0.15, 0.2) is 0 Å². The molecular formula is C11H21BrN4. The number of aromatic nitrogens is 3. The van der Waals surface area contributed by atoms with Crippen molar-refractivity contribution in [1.82, 2.24) is 20.1 Å². The second-order valence-corrected chi connectivity index (χ2v) is 5.30. The average molecular weight is 289 g/mol. The normalized spacial score (nSPS) is 13.3. The Morgan fingerprint density at radius 2 is 2.19 bits per heavy atom. The largest absolute Gasteiger partial charge is 0.307 e. The summed E-state index contributed by atoms with van der Waals surface area (Å²) < 4.78 is 1.98. The van der Waals surface area contributed by atoms with Gasteiger partial charge in [-0.05, 0) is 19.3 Å². The molecule has 0 radical (unpaired) electrons. The zero-order valence-electron chi connectivity index (χ0n) is 10.3. The van der Waals surface area contributed by atoms with Crippen molar-refractivity contribution in [2.24, 2.45) is 5.92 Å². The molecule has 0 saturated heterocycles. The average Bonchev–Trinajstić information content (AvgIpc) is 2.62. The molecule has 1 unspecified atom stereocenters. The van der Waals surface area contributed by atoms with Crippen LogP contribution in [0.1, 0.15) is 33.0 Å². The Morgan fingerprint density at radius 3 is 2.81 bits per heavy atom. The van der Waals surface area contributed by atoms with Gasteiger partial charge in [0, 0.05) is 17.9 Å². The summed E-state index contributed by atoms with van der Waals surface area (Å²) in [5.74, 6) is 1.62. The van der Waals surface area contributed by atoms with Crippen molar-refractivity contribution in [2.75, 3.05) is 5.33 Å². The lowest BCUT2D eigenvalue weighted by Gasteiger charge is -2.13. The fourth-order valence-corrected chi connectivity index (χ4v) is 2.14. The fraction of sp³-hybridized carbons (Fsp3) is 0.818. The van der Waals surface area contributed by atoms with Gasteiger partial charge in [0.25, 0.3) is 0 Å². The molecule has 1 aromatic rings. The molecule has 0 aliphatic rings. The van der Waals surface area contributed by atoms with E-state index < -0.39 is 0 Å². The Bertz CT molecular complexity index is 298. The van der Waals surface area contributed by atoms with Crippen LogP contribution in [-0.4, -0.2) is 26.1 Å². The van der Waals surface area contributed by atoms with Crippen LogP contribution >= 0.6 is 15.9 Å². The van der Waals surface area contributed by atoms with E-state index in [1.54, 1.807) is 6.33 Å². The quantitative estimate of drug-likeness (QED) is 0.783. The summed E-state index contributed by atoms with van der Waals surface area (Å²) >= 11 is 3.44. The van der Waals surface area contributed by atoms with Gasteiger partial charge in [0.1, 0.15) is 12.2 Å². The number of nitrogens with one attached hydrogen (secondary N) is 1. The minimum atomic E-state index is 0.503. The fourth-order valence-electron chi connectivity index (χ4n) is 1.45. The zero-order chi connectivity index (χ0) is 12.0. The van der Waals surface area contributed by atoms with E-state index in [1.807, 2.05) is 4.68 Å². The molecule has 0 saturated carbocycles. The maximum Gasteiger partial charge on any atom is 0.140 e. The van der Waals surface area contributed by atoms with E-state index in [0.717, 1.165) is 30.7 Å². The van der Waals surface area contributed by atoms with Crippen molar-refractivity contribution in [2.45, 2.75) is 46.3 Å². The molecule has 1 aromatic heterocycles. The Kier molecular flexibility index (Phi) is 5.98. The molecule has 0 spiro atoms. The summed E-state index contributed by atoms with van der Waals surface area (Å²) in [5, 5.41) is 8.71. The molecule has 5 heteroatoms. The molecule has 0 bridgehead atoms. The van der Waals surface area contributed by atoms with Gasteiger partial charge in [-0.3, -0.25) is 0 Å². The van der Waals surface area contributed by atoms with Gasteiger partial charge in [-0.25, -0.2) is 9.67 Å². The van der Waals surface area contributed by atoms with Gasteiger partial charge in [-0.1, -0.05) is 29.8 Å². The lowest BCUT2D eigenvalue weighted by Crippen LogP contribution is -2.27. The van der Waals surface area contributed by atoms with Crippen LogP contribution in [0.15, 0.2) is 6.33 Å². The highest BCUT2D eigenvalue weighted by atomic mass is 79.9. The van der Waals surface area contributed by atoms with Crippen LogP contribution in [0.5, 0.6) is 0 Å². The van der Waals surface area contributed by atoms with Crippen LogP contribution in [0.3, 0.4) is 0 Å². The lowest BCUT2D eigenvalue weighted by atomic mass is 10.2. The van der Waals surface area contributed by atoms with E-state index in [0.29, 0.717) is 12.0 Å². The summed E-state index contributed by atoms with van der Waals surface area (Å²) in [5.41, 5.74) is 0. The van der Waals surface area contributed by atoms with Crippen molar-refractivity contribution in [3.05, 3.63) is 12.2 Å². The molecule has 1 heterocycles. The third-order valence-electron chi connectivity index (χ3n) is 2.38. The smallest absolute Gasteiger partial charge is 0.140 e. The van der Waals surface area contributed by atoms with E-state index in [4.69, 9.17) is 0 Å². The first-order chi connectivity index (χ1) is 7.63. The van der Waals surface area contributed by atoms with E-state index in [2.05, 4.69) is 52.1 Å². The molecule has 0 aromatic carbocycles. The maximum absolute atomic E-state index is 4.28. The van der Waals surface area contributed by atoms with Crippen molar-refractivity contribution in [1.29, 1.82) is 0 Å². The van der Waals surface area contributed by atoms with Crippen molar-refractivity contribution in [3.63, 3.8) is 0 Å². The summed E-state index contributed by atoms with van der Waals surface area (Å²) in [6.45, 7) is 8.29. The topological polar surface area (TPSA) is 42.7 Å². The molecule has 92 valence electrons. The number of nitrogens with zero attached hydrogens (tertiary/aromatic N) is 3. The Hall–Kier alpha value is -0.420. The van der Waals surface area contributed by atoms with Gasteiger partial charge in [0.2, 0.25) is 0 Å². The Labute approximate surface area is 106 Å². The molecule has 0 aliphatic heterocycles.